The average molecular weight is 339 g/mol. The van der Waals surface area contributed by atoms with Crippen LogP contribution in [0.2, 0.25) is 0 Å². The van der Waals surface area contributed by atoms with Gasteiger partial charge in [0.1, 0.15) is 17.3 Å². The smallest absolute Gasteiger partial charge is 0.173 e. The van der Waals surface area contributed by atoms with Gasteiger partial charge in [0.25, 0.3) is 0 Å². The summed E-state index contributed by atoms with van der Waals surface area (Å²) in [5.41, 5.74) is 6.71. The van der Waals surface area contributed by atoms with Gasteiger partial charge in [0.2, 0.25) is 0 Å². The first-order chi connectivity index (χ1) is 9.51. The quantitative estimate of drug-likeness (QED) is 0.387. The summed E-state index contributed by atoms with van der Waals surface area (Å²) in [4.78, 5) is 0. The van der Waals surface area contributed by atoms with Crippen LogP contribution in [0, 0.1) is 12.7 Å². The first kappa shape index (κ1) is 14.3. The number of rotatable bonds is 3. The van der Waals surface area contributed by atoms with E-state index in [1.54, 1.807) is 25.1 Å². The highest BCUT2D eigenvalue weighted by molar-refractivity contribution is 9.10. The van der Waals surface area contributed by atoms with Crippen LogP contribution in [0.4, 0.5) is 4.39 Å². The lowest BCUT2D eigenvalue weighted by Crippen LogP contribution is -2.14. The van der Waals surface area contributed by atoms with Crippen molar-refractivity contribution in [2.75, 3.05) is 0 Å². The van der Waals surface area contributed by atoms with Gasteiger partial charge in [0.05, 0.1) is 5.56 Å². The molecule has 0 atom stereocenters. The number of hydrogen-bond donors (Lipinski definition) is 2. The van der Waals surface area contributed by atoms with Gasteiger partial charge in [-0.3, -0.25) is 0 Å². The lowest BCUT2D eigenvalue weighted by Gasteiger charge is -2.12. The van der Waals surface area contributed by atoms with Crippen molar-refractivity contribution >= 4 is 21.8 Å². The van der Waals surface area contributed by atoms with Crippen LogP contribution in [-0.4, -0.2) is 11.0 Å². The Kier molecular flexibility index (Phi) is 4.24. The molecule has 2 rings (SSSR count). The van der Waals surface area contributed by atoms with Crippen molar-refractivity contribution in [2.45, 2.75) is 6.92 Å². The molecule has 0 amide bonds. The predicted octanol–water partition coefficient (Wildman–Crippen LogP) is 3.78. The molecule has 0 radical (unpaired) electrons. The maximum atomic E-state index is 13.1. The minimum Gasteiger partial charge on any atom is -0.456 e. The van der Waals surface area contributed by atoms with Gasteiger partial charge in [-0.05, 0) is 48.9 Å². The minimum atomic E-state index is -0.331. The number of aryl methyl sites for hydroxylation is 1. The molecule has 104 valence electrons. The van der Waals surface area contributed by atoms with Gasteiger partial charge in [0.15, 0.2) is 5.84 Å². The first-order valence-corrected chi connectivity index (χ1v) is 6.52. The molecule has 0 unspecified atom stereocenters. The molecule has 0 aliphatic heterocycles. The van der Waals surface area contributed by atoms with Crippen molar-refractivity contribution in [3.05, 3.63) is 57.8 Å². The molecule has 0 saturated carbocycles. The molecule has 0 spiro atoms. The monoisotopic (exact) mass is 338 g/mol. The van der Waals surface area contributed by atoms with Gasteiger partial charge >= 0.3 is 0 Å². The standard InChI is InChI=1S/C14H12BrFN2O2/c1-8-6-10(16)3-5-12(8)20-13-4-2-9(15)7-11(13)14(17)18-19/h2-7,19H,1H3,(H2,17,18). The molecule has 0 heterocycles. The molecule has 4 nitrogen and oxygen atoms in total. The van der Waals surface area contributed by atoms with E-state index in [1.807, 2.05) is 0 Å². The van der Waals surface area contributed by atoms with Crippen molar-refractivity contribution in [3.8, 4) is 11.5 Å². The number of hydrogen-bond acceptors (Lipinski definition) is 3. The van der Waals surface area contributed by atoms with Crippen molar-refractivity contribution < 1.29 is 14.3 Å². The largest absolute Gasteiger partial charge is 0.456 e. The van der Waals surface area contributed by atoms with Crippen molar-refractivity contribution in [1.29, 1.82) is 0 Å². The Hall–Kier alpha value is -2.08. The Morgan fingerprint density at radius 3 is 2.60 bits per heavy atom. The molecule has 0 aliphatic carbocycles. The molecular formula is C14H12BrFN2O2. The SMILES string of the molecule is Cc1cc(F)ccc1Oc1ccc(Br)cc1/C(N)=N/O. The molecule has 0 aliphatic rings. The zero-order chi connectivity index (χ0) is 14.7. The molecule has 2 aromatic carbocycles. The molecule has 0 bridgehead atoms. The Balaban J connectivity index is 2.43. The number of nitrogens with zero attached hydrogens (tertiary/aromatic N) is 1. The van der Waals surface area contributed by atoms with E-state index in [0.29, 0.717) is 22.6 Å². The Bertz CT molecular complexity index is 674. The van der Waals surface area contributed by atoms with E-state index in [0.717, 1.165) is 4.47 Å². The number of benzene rings is 2. The average Bonchev–Trinajstić information content (AvgIpc) is 2.42. The van der Waals surface area contributed by atoms with E-state index in [2.05, 4.69) is 21.1 Å². The molecule has 20 heavy (non-hydrogen) atoms. The Labute approximate surface area is 123 Å². The highest BCUT2D eigenvalue weighted by Gasteiger charge is 2.11. The number of amidine groups is 1. The predicted molar refractivity (Wildman–Crippen MR) is 77.9 cm³/mol. The molecule has 0 fully saturated rings. The minimum absolute atomic E-state index is 0.0685. The van der Waals surface area contributed by atoms with Crippen LogP contribution in [0.25, 0.3) is 0 Å². The molecule has 3 N–H and O–H groups in total. The summed E-state index contributed by atoms with van der Waals surface area (Å²) in [7, 11) is 0. The molecular weight excluding hydrogens is 327 g/mol. The lowest BCUT2D eigenvalue weighted by atomic mass is 10.1. The molecule has 0 aromatic heterocycles. The highest BCUT2D eigenvalue weighted by atomic mass is 79.9. The van der Waals surface area contributed by atoms with Gasteiger partial charge in [-0.15, -0.1) is 0 Å². The van der Waals surface area contributed by atoms with Crippen LogP contribution in [-0.2, 0) is 0 Å². The summed E-state index contributed by atoms with van der Waals surface area (Å²) in [6, 6.07) is 9.33. The summed E-state index contributed by atoms with van der Waals surface area (Å²) in [5.74, 6) is 0.516. The van der Waals surface area contributed by atoms with Crippen LogP contribution < -0.4 is 10.5 Å². The third-order valence-electron chi connectivity index (χ3n) is 2.68. The lowest BCUT2D eigenvalue weighted by molar-refractivity contribution is 0.318. The summed E-state index contributed by atoms with van der Waals surface area (Å²) in [5, 5.41) is 11.8. The fourth-order valence-corrected chi connectivity index (χ4v) is 2.05. The third kappa shape index (κ3) is 3.08. The fraction of sp³-hybridized carbons (Fsp3) is 0.0714. The van der Waals surface area contributed by atoms with Crippen LogP contribution >= 0.6 is 15.9 Å². The normalized spacial score (nSPS) is 11.4. The van der Waals surface area contributed by atoms with Crippen LogP contribution in [0.1, 0.15) is 11.1 Å². The van der Waals surface area contributed by atoms with E-state index in [-0.39, 0.29) is 11.7 Å². The summed E-state index contributed by atoms with van der Waals surface area (Å²) < 4.78 is 19.5. The zero-order valence-corrected chi connectivity index (χ0v) is 12.2. The van der Waals surface area contributed by atoms with E-state index in [4.69, 9.17) is 15.7 Å². The second-order valence-corrected chi connectivity index (χ2v) is 5.05. The van der Waals surface area contributed by atoms with Crippen LogP contribution in [0.15, 0.2) is 46.0 Å². The summed E-state index contributed by atoms with van der Waals surface area (Å²) >= 11 is 3.31. The molecule has 0 saturated heterocycles. The maximum absolute atomic E-state index is 13.1. The van der Waals surface area contributed by atoms with Gasteiger partial charge < -0.3 is 15.7 Å². The van der Waals surface area contributed by atoms with E-state index in [1.165, 1.54) is 18.2 Å². The van der Waals surface area contributed by atoms with Crippen LogP contribution in [0.5, 0.6) is 11.5 Å². The van der Waals surface area contributed by atoms with Crippen molar-refractivity contribution in [3.63, 3.8) is 0 Å². The Morgan fingerprint density at radius 2 is 1.95 bits per heavy atom. The Morgan fingerprint density at radius 1 is 1.25 bits per heavy atom. The summed E-state index contributed by atoms with van der Waals surface area (Å²) in [6.45, 7) is 1.74. The second kappa shape index (κ2) is 5.92. The molecule has 2 aromatic rings. The highest BCUT2D eigenvalue weighted by Crippen LogP contribution is 2.30. The van der Waals surface area contributed by atoms with Crippen LogP contribution in [0.3, 0.4) is 0 Å². The number of oxime groups is 1. The third-order valence-corrected chi connectivity index (χ3v) is 3.18. The maximum Gasteiger partial charge on any atom is 0.173 e. The van der Waals surface area contributed by atoms with Gasteiger partial charge in [-0.25, -0.2) is 4.39 Å². The van der Waals surface area contributed by atoms with Gasteiger partial charge in [0, 0.05) is 4.47 Å². The zero-order valence-electron chi connectivity index (χ0n) is 10.6. The number of nitrogens with two attached hydrogens (primary N) is 1. The number of halogens is 2. The topological polar surface area (TPSA) is 67.8 Å². The molecule has 6 heteroatoms. The second-order valence-electron chi connectivity index (χ2n) is 4.14. The summed E-state index contributed by atoms with van der Waals surface area (Å²) in [6.07, 6.45) is 0. The van der Waals surface area contributed by atoms with E-state index in [9.17, 15) is 4.39 Å². The van der Waals surface area contributed by atoms with Gasteiger partial charge in [-0.1, -0.05) is 21.1 Å². The first-order valence-electron chi connectivity index (χ1n) is 5.72. The number of ether oxygens (including phenoxy) is 1. The van der Waals surface area contributed by atoms with Crippen molar-refractivity contribution in [2.24, 2.45) is 10.9 Å². The van der Waals surface area contributed by atoms with Gasteiger partial charge in [-0.2, -0.15) is 0 Å². The van der Waals surface area contributed by atoms with E-state index >= 15 is 0 Å². The van der Waals surface area contributed by atoms with Crippen molar-refractivity contribution in [1.82, 2.24) is 0 Å². The fourth-order valence-electron chi connectivity index (χ4n) is 1.69. The van der Waals surface area contributed by atoms with E-state index < -0.39 is 0 Å².